The number of aryl methyl sites for hydroxylation is 1. The molecule has 0 spiro atoms. The van der Waals surface area contributed by atoms with Gasteiger partial charge in [-0.3, -0.25) is 0 Å². The van der Waals surface area contributed by atoms with Gasteiger partial charge in [-0.1, -0.05) is 45.2 Å². The molecule has 0 amide bonds. The van der Waals surface area contributed by atoms with Crippen LogP contribution in [0, 0.1) is 6.92 Å². The fraction of sp³-hybridized carbons (Fsp3) is 0.250. The minimum absolute atomic E-state index is 0.159. The van der Waals surface area contributed by atoms with Crippen LogP contribution in [0.5, 0.6) is 5.75 Å². The molecule has 3 rings (SSSR count). The van der Waals surface area contributed by atoms with Crippen LogP contribution in [0.15, 0.2) is 40.9 Å². The van der Waals surface area contributed by atoms with Crippen LogP contribution in [-0.2, 0) is 6.42 Å². The quantitative estimate of drug-likeness (QED) is 0.854. The van der Waals surface area contributed by atoms with Gasteiger partial charge in [0.25, 0.3) is 0 Å². The molecular weight excluding hydrogens is 338 g/mol. The Hall–Kier alpha value is -1.19. The molecule has 4 heteroatoms. The molecular formula is C16H15BrClNO. The zero-order valence-corrected chi connectivity index (χ0v) is 13.5. The second-order valence-corrected chi connectivity index (χ2v) is 6.38. The number of halogens is 2. The molecule has 1 heterocycles. The maximum absolute atomic E-state index is 6.19. The summed E-state index contributed by atoms with van der Waals surface area (Å²) in [5, 5.41) is 4.07. The molecule has 2 aromatic carbocycles. The summed E-state index contributed by atoms with van der Waals surface area (Å²) in [7, 11) is 0. The topological polar surface area (TPSA) is 21.3 Å². The molecule has 2 nitrogen and oxygen atoms in total. The van der Waals surface area contributed by atoms with Crippen molar-refractivity contribution in [3.05, 3.63) is 57.0 Å². The molecule has 1 N–H and O–H groups in total. The predicted molar refractivity (Wildman–Crippen MR) is 86.9 cm³/mol. The lowest BCUT2D eigenvalue weighted by Gasteiger charge is -2.14. The highest BCUT2D eigenvalue weighted by Crippen LogP contribution is 2.30. The maximum Gasteiger partial charge on any atom is 0.123 e. The van der Waals surface area contributed by atoms with E-state index in [1.807, 2.05) is 18.2 Å². The van der Waals surface area contributed by atoms with Gasteiger partial charge in [0.1, 0.15) is 11.9 Å². The molecule has 104 valence electrons. The summed E-state index contributed by atoms with van der Waals surface area (Å²) in [5.41, 5.74) is 3.50. The Balaban J connectivity index is 1.63. The van der Waals surface area contributed by atoms with E-state index < -0.39 is 0 Å². The Morgan fingerprint density at radius 1 is 1.30 bits per heavy atom. The average Bonchev–Trinajstić information content (AvgIpc) is 2.79. The summed E-state index contributed by atoms with van der Waals surface area (Å²) in [6, 6.07) is 12.2. The number of ether oxygens (including phenoxy) is 1. The fourth-order valence-electron chi connectivity index (χ4n) is 2.42. The SMILES string of the molecule is Cc1ccc2c(c1)CC(CNc1ccc(Br)cc1Cl)O2. The van der Waals surface area contributed by atoms with Gasteiger partial charge >= 0.3 is 0 Å². The van der Waals surface area contributed by atoms with E-state index in [1.165, 1.54) is 11.1 Å². The van der Waals surface area contributed by atoms with Crippen LogP contribution in [0.4, 0.5) is 5.69 Å². The highest BCUT2D eigenvalue weighted by atomic mass is 79.9. The minimum Gasteiger partial charge on any atom is -0.488 e. The Labute approximate surface area is 132 Å². The van der Waals surface area contributed by atoms with Gasteiger partial charge in [0, 0.05) is 10.9 Å². The second-order valence-electron chi connectivity index (χ2n) is 5.06. The third kappa shape index (κ3) is 2.94. The molecule has 0 radical (unpaired) electrons. The van der Waals surface area contributed by atoms with Gasteiger partial charge in [-0.25, -0.2) is 0 Å². The molecule has 0 saturated heterocycles. The Morgan fingerprint density at radius 2 is 2.15 bits per heavy atom. The summed E-state index contributed by atoms with van der Waals surface area (Å²) >= 11 is 9.59. The largest absolute Gasteiger partial charge is 0.488 e. The van der Waals surface area contributed by atoms with Crippen molar-refractivity contribution in [3.8, 4) is 5.75 Å². The fourth-order valence-corrected chi connectivity index (χ4v) is 3.16. The molecule has 2 aromatic rings. The molecule has 1 unspecified atom stereocenters. The molecule has 0 aromatic heterocycles. The van der Waals surface area contributed by atoms with Crippen LogP contribution in [0.25, 0.3) is 0 Å². The van der Waals surface area contributed by atoms with Crippen molar-refractivity contribution in [3.63, 3.8) is 0 Å². The Morgan fingerprint density at radius 3 is 2.95 bits per heavy atom. The van der Waals surface area contributed by atoms with E-state index in [4.69, 9.17) is 16.3 Å². The normalized spacial score (nSPS) is 16.6. The molecule has 1 aliphatic rings. The standard InChI is InChI=1S/C16H15BrClNO/c1-10-2-5-16-11(6-10)7-13(20-16)9-19-15-4-3-12(17)8-14(15)18/h2-6,8,13,19H,7,9H2,1H3. The van der Waals surface area contributed by atoms with Gasteiger partial charge in [0.15, 0.2) is 0 Å². The lowest BCUT2D eigenvalue weighted by atomic mass is 10.1. The van der Waals surface area contributed by atoms with E-state index >= 15 is 0 Å². The van der Waals surface area contributed by atoms with Crippen molar-refractivity contribution in [1.82, 2.24) is 0 Å². The monoisotopic (exact) mass is 351 g/mol. The van der Waals surface area contributed by atoms with Crippen molar-refractivity contribution in [2.45, 2.75) is 19.4 Å². The number of nitrogens with one attached hydrogen (secondary N) is 1. The zero-order valence-electron chi connectivity index (χ0n) is 11.1. The van der Waals surface area contributed by atoms with E-state index in [0.717, 1.165) is 28.9 Å². The van der Waals surface area contributed by atoms with Gasteiger partial charge in [-0.2, -0.15) is 0 Å². The Bertz CT molecular complexity index is 644. The lowest BCUT2D eigenvalue weighted by molar-refractivity contribution is 0.246. The minimum atomic E-state index is 0.159. The smallest absolute Gasteiger partial charge is 0.123 e. The molecule has 1 atom stereocenters. The van der Waals surface area contributed by atoms with Crippen molar-refractivity contribution in [1.29, 1.82) is 0 Å². The molecule has 0 aliphatic carbocycles. The van der Waals surface area contributed by atoms with Crippen molar-refractivity contribution in [2.24, 2.45) is 0 Å². The number of rotatable bonds is 3. The van der Waals surface area contributed by atoms with Gasteiger partial charge < -0.3 is 10.1 Å². The molecule has 20 heavy (non-hydrogen) atoms. The van der Waals surface area contributed by atoms with Crippen LogP contribution < -0.4 is 10.1 Å². The van der Waals surface area contributed by atoms with Gasteiger partial charge in [0.05, 0.1) is 17.3 Å². The first-order valence-corrected chi connectivity index (χ1v) is 7.74. The van der Waals surface area contributed by atoms with Crippen LogP contribution in [0.1, 0.15) is 11.1 Å². The number of anilines is 1. The molecule has 0 bridgehead atoms. The predicted octanol–water partition coefficient (Wildman–Crippen LogP) is 4.83. The summed E-state index contributed by atoms with van der Waals surface area (Å²) in [6.07, 6.45) is 1.10. The summed E-state index contributed by atoms with van der Waals surface area (Å²) in [6.45, 7) is 2.85. The van der Waals surface area contributed by atoms with Gasteiger partial charge in [0.2, 0.25) is 0 Å². The van der Waals surface area contributed by atoms with Crippen molar-refractivity contribution in [2.75, 3.05) is 11.9 Å². The number of fused-ring (bicyclic) bond motifs is 1. The molecule has 0 saturated carbocycles. The van der Waals surface area contributed by atoms with E-state index in [0.29, 0.717) is 5.02 Å². The molecule has 1 aliphatic heterocycles. The van der Waals surface area contributed by atoms with E-state index in [9.17, 15) is 0 Å². The first-order chi connectivity index (χ1) is 9.61. The summed E-state index contributed by atoms with van der Waals surface area (Å²) < 4.78 is 6.91. The van der Waals surface area contributed by atoms with Gasteiger partial charge in [-0.05, 0) is 36.8 Å². The third-order valence-electron chi connectivity index (χ3n) is 3.41. The van der Waals surface area contributed by atoms with Crippen LogP contribution >= 0.6 is 27.5 Å². The second kappa shape index (κ2) is 5.66. The van der Waals surface area contributed by atoms with E-state index in [2.05, 4.69) is 46.4 Å². The van der Waals surface area contributed by atoms with Crippen LogP contribution in [0.2, 0.25) is 5.02 Å². The Kier molecular flexibility index (Phi) is 3.90. The number of hydrogen-bond donors (Lipinski definition) is 1. The van der Waals surface area contributed by atoms with Crippen LogP contribution in [-0.4, -0.2) is 12.6 Å². The zero-order chi connectivity index (χ0) is 14.1. The van der Waals surface area contributed by atoms with Gasteiger partial charge in [-0.15, -0.1) is 0 Å². The van der Waals surface area contributed by atoms with Crippen molar-refractivity contribution >= 4 is 33.2 Å². The molecule has 0 fully saturated rings. The maximum atomic E-state index is 6.19. The van der Waals surface area contributed by atoms with Crippen LogP contribution in [0.3, 0.4) is 0 Å². The van der Waals surface area contributed by atoms with E-state index in [-0.39, 0.29) is 6.10 Å². The summed E-state index contributed by atoms with van der Waals surface area (Å²) in [5.74, 6) is 1.00. The highest BCUT2D eigenvalue weighted by molar-refractivity contribution is 9.10. The number of hydrogen-bond acceptors (Lipinski definition) is 2. The van der Waals surface area contributed by atoms with Crippen molar-refractivity contribution < 1.29 is 4.74 Å². The summed E-state index contributed by atoms with van der Waals surface area (Å²) in [4.78, 5) is 0. The lowest BCUT2D eigenvalue weighted by Crippen LogP contribution is -2.24. The third-order valence-corrected chi connectivity index (χ3v) is 4.21. The number of benzene rings is 2. The first kappa shape index (κ1) is 13.8. The first-order valence-electron chi connectivity index (χ1n) is 6.57. The highest BCUT2D eigenvalue weighted by Gasteiger charge is 2.22. The van der Waals surface area contributed by atoms with E-state index in [1.54, 1.807) is 0 Å². The average molecular weight is 353 g/mol.